The third-order valence-corrected chi connectivity index (χ3v) is 3.80. The molecule has 7 nitrogen and oxygen atoms in total. The van der Waals surface area contributed by atoms with E-state index in [1.54, 1.807) is 36.4 Å². The molecule has 7 heteroatoms. The number of carbonyl (C=O) groups is 2. The topological polar surface area (TPSA) is 116 Å². The van der Waals surface area contributed by atoms with Gasteiger partial charge < -0.3 is 26.2 Å². The molecule has 1 unspecified atom stereocenters. The average Bonchev–Trinajstić information content (AvgIpc) is 2.61. The number of nitrogens with zero attached hydrogens (tertiary/aromatic N) is 1. The molecule has 0 aliphatic carbocycles. The quantitative estimate of drug-likeness (QED) is 0.557. The molecular formula is C19H23N3O4. The molecule has 0 fully saturated rings. The van der Waals surface area contributed by atoms with Crippen molar-refractivity contribution < 1.29 is 19.8 Å². The Hall–Kier alpha value is -2.90. The molecule has 26 heavy (non-hydrogen) atoms. The lowest BCUT2D eigenvalue weighted by molar-refractivity contribution is -0.129. The third kappa shape index (κ3) is 5.30. The second-order valence-electron chi connectivity index (χ2n) is 5.94. The van der Waals surface area contributed by atoms with E-state index in [4.69, 9.17) is 5.73 Å². The van der Waals surface area contributed by atoms with Crippen molar-refractivity contribution in [3.05, 3.63) is 54.1 Å². The van der Waals surface area contributed by atoms with Gasteiger partial charge in [-0.2, -0.15) is 0 Å². The van der Waals surface area contributed by atoms with Crippen molar-refractivity contribution in [2.45, 2.75) is 19.4 Å². The molecule has 5 N–H and O–H groups in total. The second kappa shape index (κ2) is 8.98. The van der Waals surface area contributed by atoms with Gasteiger partial charge >= 0.3 is 0 Å². The highest BCUT2D eigenvalue weighted by atomic mass is 16.3. The van der Waals surface area contributed by atoms with E-state index in [1.807, 2.05) is 19.1 Å². The van der Waals surface area contributed by atoms with E-state index in [9.17, 15) is 19.8 Å². The van der Waals surface area contributed by atoms with E-state index >= 15 is 0 Å². The highest BCUT2D eigenvalue weighted by Crippen LogP contribution is 2.19. The van der Waals surface area contributed by atoms with Crippen molar-refractivity contribution in [2.24, 2.45) is 0 Å². The fourth-order valence-electron chi connectivity index (χ4n) is 2.42. The number of aliphatic hydroxyl groups excluding tert-OH is 2. The summed E-state index contributed by atoms with van der Waals surface area (Å²) in [4.78, 5) is 25.9. The predicted octanol–water partition coefficient (Wildman–Crippen LogP) is 1.29. The molecule has 0 heterocycles. The van der Waals surface area contributed by atoms with Crippen LogP contribution in [0.25, 0.3) is 0 Å². The molecule has 0 aliphatic heterocycles. The lowest BCUT2D eigenvalue weighted by Crippen LogP contribution is -2.39. The maximum Gasteiger partial charge on any atom is 0.253 e. The maximum absolute atomic E-state index is 12.5. The fourth-order valence-corrected chi connectivity index (χ4v) is 2.42. The average molecular weight is 357 g/mol. The van der Waals surface area contributed by atoms with Crippen LogP contribution in [0.15, 0.2) is 48.5 Å². The third-order valence-electron chi connectivity index (χ3n) is 3.80. The van der Waals surface area contributed by atoms with Gasteiger partial charge in [0.2, 0.25) is 5.91 Å². The van der Waals surface area contributed by atoms with Gasteiger partial charge in [-0.15, -0.1) is 0 Å². The van der Waals surface area contributed by atoms with Gasteiger partial charge in [-0.3, -0.25) is 9.59 Å². The summed E-state index contributed by atoms with van der Waals surface area (Å²) in [5.74, 6) is -1.16. The van der Waals surface area contributed by atoms with Crippen molar-refractivity contribution in [3.8, 4) is 0 Å². The van der Waals surface area contributed by atoms with E-state index in [0.29, 0.717) is 17.1 Å². The normalized spacial score (nSPS) is 11.7. The molecule has 0 radical (unpaired) electrons. The summed E-state index contributed by atoms with van der Waals surface area (Å²) in [5, 5.41) is 21.9. The van der Waals surface area contributed by atoms with Crippen molar-refractivity contribution in [1.82, 2.24) is 0 Å². The highest BCUT2D eigenvalue weighted by Gasteiger charge is 2.23. The summed E-state index contributed by atoms with van der Waals surface area (Å²) in [6.45, 7) is 1.70. The van der Waals surface area contributed by atoms with Gasteiger partial charge in [0.1, 0.15) is 6.10 Å². The SMILES string of the molecule is Cc1ccc(NC(=O)C(O)CC(=O)N(CCO)c2cccc(N)c2)cc1. The number of rotatable bonds is 7. The number of carbonyl (C=O) groups excluding carboxylic acids is 2. The number of amides is 2. The van der Waals surface area contributed by atoms with Crippen LogP contribution < -0.4 is 16.0 Å². The van der Waals surface area contributed by atoms with Crippen molar-refractivity contribution in [1.29, 1.82) is 0 Å². The van der Waals surface area contributed by atoms with E-state index in [-0.39, 0.29) is 13.2 Å². The lowest BCUT2D eigenvalue weighted by atomic mass is 10.1. The molecule has 2 aromatic carbocycles. The zero-order valence-electron chi connectivity index (χ0n) is 14.6. The molecule has 2 amide bonds. The first-order chi connectivity index (χ1) is 12.4. The van der Waals surface area contributed by atoms with Crippen LogP contribution in [-0.2, 0) is 9.59 Å². The second-order valence-corrected chi connectivity index (χ2v) is 5.94. The molecule has 0 saturated heterocycles. The van der Waals surface area contributed by atoms with Crippen LogP contribution >= 0.6 is 0 Å². The minimum Gasteiger partial charge on any atom is -0.399 e. The van der Waals surface area contributed by atoms with Gasteiger partial charge in [0.05, 0.1) is 13.0 Å². The Morgan fingerprint density at radius 1 is 1.19 bits per heavy atom. The number of aryl methyl sites for hydroxylation is 1. The van der Waals surface area contributed by atoms with Gasteiger partial charge in [0.15, 0.2) is 0 Å². The Labute approximate surface area is 152 Å². The predicted molar refractivity (Wildman–Crippen MR) is 101 cm³/mol. The fraction of sp³-hybridized carbons (Fsp3) is 0.263. The van der Waals surface area contributed by atoms with Crippen LogP contribution in [0, 0.1) is 6.92 Å². The molecule has 0 saturated carbocycles. The summed E-state index contributed by atoms with van der Waals surface area (Å²) in [5.41, 5.74) is 8.27. The van der Waals surface area contributed by atoms with Crippen LogP contribution in [0.3, 0.4) is 0 Å². The molecular weight excluding hydrogens is 334 g/mol. The van der Waals surface area contributed by atoms with Crippen LogP contribution in [0.5, 0.6) is 0 Å². The molecule has 0 spiro atoms. The van der Waals surface area contributed by atoms with Crippen molar-refractivity contribution >= 4 is 28.9 Å². The number of hydrogen-bond acceptors (Lipinski definition) is 5. The number of nitrogens with one attached hydrogen (secondary N) is 1. The number of hydrogen-bond donors (Lipinski definition) is 4. The van der Waals surface area contributed by atoms with E-state index in [1.165, 1.54) is 4.90 Å². The Bertz CT molecular complexity index is 762. The van der Waals surface area contributed by atoms with Gasteiger partial charge in [0.25, 0.3) is 5.91 Å². The van der Waals surface area contributed by atoms with Crippen LogP contribution in [0.2, 0.25) is 0 Å². The number of benzene rings is 2. The first kappa shape index (κ1) is 19.4. The highest BCUT2D eigenvalue weighted by molar-refractivity contribution is 6.00. The standard InChI is InChI=1S/C19H23N3O4/c1-13-5-7-15(8-6-13)21-19(26)17(24)12-18(25)22(9-10-23)16-4-2-3-14(20)11-16/h2-8,11,17,23-24H,9-10,12,20H2,1H3,(H,21,26). The molecule has 1 atom stereocenters. The Kier molecular flexibility index (Phi) is 6.71. The van der Waals surface area contributed by atoms with E-state index < -0.39 is 24.3 Å². The molecule has 0 aromatic heterocycles. The molecule has 2 aromatic rings. The van der Waals surface area contributed by atoms with Crippen LogP contribution in [-0.4, -0.2) is 41.3 Å². The van der Waals surface area contributed by atoms with E-state index in [2.05, 4.69) is 5.32 Å². The number of aliphatic hydroxyl groups is 2. The summed E-state index contributed by atoms with van der Waals surface area (Å²) in [6.07, 6.45) is -1.92. The monoisotopic (exact) mass is 357 g/mol. The molecule has 2 rings (SSSR count). The minimum atomic E-state index is -1.51. The molecule has 0 bridgehead atoms. The number of nitrogens with two attached hydrogens (primary N) is 1. The zero-order chi connectivity index (χ0) is 19.1. The Morgan fingerprint density at radius 2 is 1.88 bits per heavy atom. The Balaban J connectivity index is 2.02. The van der Waals surface area contributed by atoms with Crippen LogP contribution in [0.1, 0.15) is 12.0 Å². The van der Waals surface area contributed by atoms with Gasteiger partial charge in [0, 0.05) is 23.6 Å². The minimum absolute atomic E-state index is 0.0363. The lowest BCUT2D eigenvalue weighted by Gasteiger charge is -2.23. The van der Waals surface area contributed by atoms with Crippen LogP contribution in [0.4, 0.5) is 17.1 Å². The van der Waals surface area contributed by atoms with Gasteiger partial charge in [-0.05, 0) is 37.3 Å². The Morgan fingerprint density at radius 3 is 2.50 bits per heavy atom. The summed E-state index contributed by atoms with van der Waals surface area (Å²) in [6, 6.07) is 13.7. The van der Waals surface area contributed by atoms with Crippen molar-refractivity contribution in [2.75, 3.05) is 29.1 Å². The van der Waals surface area contributed by atoms with Gasteiger partial charge in [-0.25, -0.2) is 0 Å². The van der Waals surface area contributed by atoms with Crippen molar-refractivity contribution in [3.63, 3.8) is 0 Å². The first-order valence-corrected chi connectivity index (χ1v) is 8.23. The molecule has 138 valence electrons. The number of nitrogen functional groups attached to an aromatic ring is 1. The largest absolute Gasteiger partial charge is 0.399 e. The zero-order valence-corrected chi connectivity index (χ0v) is 14.6. The first-order valence-electron chi connectivity index (χ1n) is 8.23. The summed E-state index contributed by atoms with van der Waals surface area (Å²) < 4.78 is 0. The summed E-state index contributed by atoms with van der Waals surface area (Å²) >= 11 is 0. The smallest absolute Gasteiger partial charge is 0.253 e. The summed E-state index contributed by atoms with van der Waals surface area (Å²) in [7, 11) is 0. The van der Waals surface area contributed by atoms with Gasteiger partial charge in [-0.1, -0.05) is 23.8 Å². The molecule has 0 aliphatic rings. The van der Waals surface area contributed by atoms with E-state index in [0.717, 1.165) is 5.56 Å². The number of anilines is 3. The maximum atomic E-state index is 12.5.